The molecule has 0 saturated carbocycles. The maximum absolute atomic E-state index is 11.9. The Labute approximate surface area is 128 Å². The Morgan fingerprint density at radius 2 is 2.33 bits per heavy atom. The molecule has 0 aromatic heterocycles. The van der Waals surface area contributed by atoms with E-state index in [2.05, 4.69) is 10.6 Å². The lowest BCUT2D eigenvalue weighted by molar-refractivity contribution is -0.117. The van der Waals surface area contributed by atoms with E-state index in [1.54, 1.807) is 18.2 Å². The van der Waals surface area contributed by atoms with Gasteiger partial charge in [0.25, 0.3) is 5.91 Å². The van der Waals surface area contributed by atoms with E-state index < -0.39 is 5.91 Å². The predicted octanol–water partition coefficient (Wildman–Crippen LogP) is 2.45. The van der Waals surface area contributed by atoms with Gasteiger partial charge in [-0.05, 0) is 25.0 Å². The SMILES string of the molecule is N#C/C(=C/Nc1ccccc1Cl)C(=O)NCC1CCCO1. The summed E-state index contributed by atoms with van der Waals surface area (Å²) in [5.74, 6) is -0.424. The van der Waals surface area contributed by atoms with E-state index in [4.69, 9.17) is 21.6 Å². The van der Waals surface area contributed by atoms with Gasteiger partial charge in [-0.25, -0.2) is 0 Å². The Kier molecular flexibility index (Phi) is 5.61. The summed E-state index contributed by atoms with van der Waals surface area (Å²) in [6.45, 7) is 1.15. The fourth-order valence-corrected chi connectivity index (χ4v) is 2.17. The average molecular weight is 306 g/mol. The first-order valence-corrected chi connectivity index (χ1v) is 7.09. The summed E-state index contributed by atoms with van der Waals surface area (Å²) in [6, 6.07) is 8.97. The largest absolute Gasteiger partial charge is 0.376 e. The number of amides is 1. The summed E-state index contributed by atoms with van der Waals surface area (Å²) in [4.78, 5) is 11.9. The molecule has 1 saturated heterocycles. The van der Waals surface area contributed by atoms with Crippen LogP contribution in [0, 0.1) is 11.3 Å². The predicted molar refractivity (Wildman–Crippen MR) is 80.8 cm³/mol. The van der Waals surface area contributed by atoms with Crippen LogP contribution in [-0.2, 0) is 9.53 Å². The Morgan fingerprint density at radius 1 is 1.52 bits per heavy atom. The van der Waals surface area contributed by atoms with E-state index in [-0.39, 0.29) is 11.7 Å². The molecule has 1 aromatic carbocycles. The van der Waals surface area contributed by atoms with Crippen LogP contribution >= 0.6 is 11.6 Å². The molecule has 1 heterocycles. The van der Waals surface area contributed by atoms with Crippen molar-refractivity contribution < 1.29 is 9.53 Å². The van der Waals surface area contributed by atoms with Crippen molar-refractivity contribution in [3.63, 3.8) is 0 Å². The molecule has 0 spiro atoms. The molecule has 1 amide bonds. The summed E-state index contributed by atoms with van der Waals surface area (Å²) in [5, 5.41) is 15.1. The van der Waals surface area contributed by atoms with E-state index in [0.29, 0.717) is 17.3 Å². The number of rotatable bonds is 5. The van der Waals surface area contributed by atoms with Crippen LogP contribution in [0.2, 0.25) is 5.02 Å². The zero-order valence-electron chi connectivity index (χ0n) is 11.4. The molecule has 0 aliphatic carbocycles. The minimum atomic E-state index is -0.424. The van der Waals surface area contributed by atoms with Gasteiger partial charge in [0.1, 0.15) is 11.6 Å². The molecule has 1 atom stereocenters. The fraction of sp³-hybridized carbons (Fsp3) is 0.333. The van der Waals surface area contributed by atoms with Crippen LogP contribution in [0.5, 0.6) is 0 Å². The number of hydrogen-bond acceptors (Lipinski definition) is 4. The van der Waals surface area contributed by atoms with Crippen LogP contribution in [0.4, 0.5) is 5.69 Å². The van der Waals surface area contributed by atoms with Gasteiger partial charge in [-0.15, -0.1) is 0 Å². The van der Waals surface area contributed by atoms with E-state index >= 15 is 0 Å². The highest BCUT2D eigenvalue weighted by Gasteiger charge is 2.17. The monoisotopic (exact) mass is 305 g/mol. The van der Waals surface area contributed by atoms with Crippen LogP contribution in [-0.4, -0.2) is 25.2 Å². The first-order chi connectivity index (χ1) is 10.2. The summed E-state index contributed by atoms with van der Waals surface area (Å²) in [6.07, 6.45) is 3.34. The van der Waals surface area contributed by atoms with Crippen molar-refractivity contribution in [1.29, 1.82) is 5.26 Å². The Morgan fingerprint density at radius 3 is 3.00 bits per heavy atom. The maximum Gasteiger partial charge on any atom is 0.263 e. The molecule has 2 rings (SSSR count). The van der Waals surface area contributed by atoms with Crippen molar-refractivity contribution in [3.8, 4) is 6.07 Å². The highest BCUT2D eigenvalue weighted by atomic mass is 35.5. The third-order valence-electron chi connectivity index (χ3n) is 3.13. The topological polar surface area (TPSA) is 74.2 Å². The van der Waals surface area contributed by atoms with Crippen molar-refractivity contribution in [2.24, 2.45) is 0 Å². The van der Waals surface area contributed by atoms with Crippen LogP contribution in [0.1, 0.15) is 12.8 Å². The summed E-state index contributed by atoms with van der Waals surface area (Å²) in [7, 11) is 0. The van der Waals surface area contributed by atoms with Crippen LogP contribution in [0.15, 0.2) is 36.0 Å². The van der Waals surface area contributed by atoms with Gasteiger partial charge in [0, 0.05) is 19.4 Å². The maximum atomic E-state index is 11.9. The zero-order chi connectivity index (χ0) is 15.1. The molecule has 0 bridgehead atoms. The molecular weight excluding hydrogens is 290 g/mol. The van der Waals surface area contributed by atoms with Crippen LogP contribution < -0.4 is 10.6 Å². The number of ether oxygens (including phenoxy) is 1. The van der Waals surface area contributed by atoms with Crippen LogP contribution in [0.3, 0.4) is 0 Å². The average Bonchev–Trinajstić information content (AvgIpc) is 3.01. The lowest BCUT2D eigenvalue weighted by Crippen LogP contribution is -2.32. The van der Waals surface area contributed by atoms with Gasteiger partial charge in [-0.2, -0.15) is 5.26 Å². The number of anilines is 1. The minimum absolute atomic E-state index is 0.00656. The summed E-state index contributed by atoms with van der Waals surface area (Å²) >= 11 is 5.99. The number of nitrogens with one attached hydrogen (secondary N) is 2. The zero-order valence-corrected chi connectivity index (χ0v) is 12.2. The van der Waals surface area contributed by atoms with Gasteiger partial charge in [0.2, 0.25) is 0 Å². The number of hydrogen-bond donors (Lipinski definition) is 2. The summed E-state index contributed by atoms with van der Waals surface area (Å²) in [5.41, 5.74) is 0.631. The van der Waals surface area contributed by atoms with Gasteiger partial charge in [-0.3, -0.25) is 4.79 Å². The molecule has 5 nitrogen and oxygen atoms in total. The molecule has 21 heavy (non-hydrogen) atoms. The molecule has 6 heteroatoms. The molecule has 0 radical (unpaired) electrons. The van der Waals surface area contributed by atoms with E-state index in [1.165, 1.54) is 6.20 Å². The molecule has 1 aliphatic rings. The highest BCUT2D eigenvalue weighted by Crippen LogP contribution is 2.20. The fourth-order valence-electron chi connectivity index (χ4n) is 1.98. The van der Waals surface area contributed by atoms with E-state index in [1.807, 2.05) is 12.1 Å². The van der Waals surface area contributed by atoms with Crippen molar-refractivity contribution in [3.05, 3.63) is 41.1 Å². The Hall–Kier alpha value is -2.03. The molecule has 1 aromatic rings. The number of carbonyl (C=O) groups is 1. The van der Waals surface area contributed by atoms with Crippen molar-refractivity contribution in [2.75, 3.05) is 18.5 Å². The number of nitrogens with zero attached hydrogens (tertiary/aromatic N) is 1. The van der Waals surface area contributed by atoms with E-state index in [9.17, 15) is 4.79 Å². The first kappa shape index (κ1) is 15.4. The lowest BCUT2D eigenvalue weighted by atomic mass is 10.2. The van der Waals surface area contributed by atoms with Crippen molar-refractivity contribution >= 4 is 23.2 Å². The van der Waals surface area contributed by atoms with E-state index in [0.717, 1.165) is 19.4 Å². The summed E-state index contributed by atoms with van der Waals surface area (Å²) < 4.78 is 5.41. The van der Waals surface area contributed by atoms with Gasteiger partial charge in [0.05, 0.1) is 16.8 Å². The minimum Gasteiger partial charge on any atom is -0.376 e. The van der Waals surface area contributed by atoms with Gasteiger partial charge >= 0.3 is 0 Å². The number of carbonyl (C=O) groups excluding carboxylic acids is 1. The van der Waals surface area contributed by atoms with Crippen LogP contribution in [0.25, 0.3) is 0 Å². The van der Waals surface area contributed by atoms with Crippen molar-refractivity contribution in [1.82, 2.24) is 5.32 Å². The number of para-hydroxylation sites is 1. The highest BCUT2D eigenvalue weighted by molar-refractivity contribution is 6.33. The van der Waals surface area contributed by atoms with Gasteiger partial charge in [-0.1, -0.05) is 23.7 Å². The van der Waals surface area contributed by atoms with Gasteiger partial charge < -0.3 is 15.4 Å². The van der Waals surface area contributed by atoms with Crippen molar-refractivity contribution in [2.45, 2.75) is 18.9 Å². The molecule has 1 unspecified atom stereocenters. The Bertz CT molecular complexity index is 575. The standard InChI is InChI=1S/C15H16ClN3O2/c16-13-5-1-2-6-14(13)18-9-11(8-17)15(20)19-10-12-4-3-7-21-12/h1-2,5-6,9,12,18H,3-4,7,10H2,(H,19,20)/b11-9-. The second-order valence-corrected chi connectivity index (χ2v) is 5.05. The number of halogens is 1. The normalized spacial score (nSPS) is 18.1. The second kappa shape index (κ2) is 7.67. The first-order valence-electron chi connectivity index (χ1n) is 6.72. The van der Waals surface area contributed by atoms with Gasteiger partial charge in [0.15, 0.2) is 0 Å². The quantitative estimate of drug-likeness (QED) is 0.647. The lowest BCUT2D eigenvalue weighted by Gasteiger charge is -2.10. The molecule has 1 aliphatic heterocycles. The third kappa shape index (κ3) is 4.48. The molecular formula is C15H16ClN3O2. The molecule has 2 N–H and O–H groups in total. The second-order valence-electron chi connectivity index (χ2n) is 4.64. The number of nitriles is 1. The smallest absolute Gasteiger partial charge is 0.263 e. The molecule has 110 valence electrons. The number of benzene rings is 1. The molecule has 1 fully saturated rings. The third-order valence-corrected chi connectivity index (χ3v) is 3.45. The Balaban J connectivity index is 1.92.